The lowest BCUT2D eigenvalue weighted by atomic mass is 9.93. The first-order valence-electron chi connectivity index (χ1n) is 11.3. The number of nitrogens with one attached hydrogen (secondary N) is 1. The van der Waals surface area contributed by atoms with Crippen LogP contribution in [0, 0.1) is 5.92 Å². The fraction of sp³-hybridized carbons (Fsp3) is 0.480. The van der Waals surface area contributed by atoms with Gasteiger partial charge in [0.15, 0.2) is 5.17 Å². The smallest absolute Gasteiger partial charge is 0.338 e. The molecule has 0 radical (unpaired) electrons. The summed E-state index contributed by atoms with van der Waals surface area (Å²) in [6, 6.07) is 7.11. The third-order valence-electron chi connectivity index (χ3n) is 5.68. The number of hydrogen-bond acceptors (Lipinski definition) is 7. The molecule has 1 amide bonds. The maximum absolute atomic E-state index is 13.4. The van der Waals surface area contributed by atoms with E-state index in [0.29, 0.717) is 22.9 Å². The van der Waals surface area contributed by atoms with E-state index in [1.165, 1.54) is 24.6 Å². The van der Waals surface area contributed by atoms with Gasteiger partial charge in [-0.3, -0.25) is 4.79 Å². The van der Waals surface area contributed by atoms with Gasteiger partial charge in [-0.05, 0) is 57.9 Å². The summed E-state index contributed by atoms with van der Waals surface area (Å²) in [4.78, 5) is 32.8. The molecule has 0 aromatic heterocycles. The molecule has 2 aliphatic heterocycles. The minimum Gasteiger partial charge on any atom is -0.496 e. The predicted octanol–water partition coefficient (Wildman–Crippen LogP) is 4.53. The first-order valence-corrected chi connectivity index (χ1v) is 12.1. The van der Waals surface area contributed by atoms with E-state index >= 15 is 0 Å². The number of ether oxygens (including phenoxy) is 2. The second kappa shape index (κ2) is 9.25. The molecule has 4 rings (SSSR count). The molecule has 3 aliphatic rings. The lowest BCUT2D eigenvalue weighted by molar-refractivity contribution is -0.150. The molecular formula is C25H31N3O4S. The minimum atomic E-state index is -0.652. The van der Waals surface area contributed by atoms with Crippen molar-refractivity contribution >= 4 is 28.8 Å². The number of aliphatic imine (C=N–C) groups is 1. The van der Waals surface area contributed by atoms with Gasteiger partial charge in [-0.15, -0.1) is 0 Å². The van der Waals surface area contributed by atoms with Crippen LogP contribution in [0.5, 0.6) is 5.75 Å². The predicted molar refractivity (Wildman–Crippen MR) is 130 cm³/mol. The highest BCUT2D eigenvalue weighted by molar-refractivity contribution is 8.16. The van der Waals surface area contributed by atoms with Gasteiger partial charge in [0.2, 0.25) is 5.91 Å². The number of methoxy groups -OCH3 is 1. The number of fused-ring (bicyclic) bond motifs is 1. The highest BCUT2D eigenvalue weighted by atomic mass is 32.2. The van der Waals surface area contributed by atoms with E-state index in [9.17, 15) is 9.59 Å². The van der Waals surface area contributed by atoms with Crippen LogP contribution in [0.25, 0.3) is 0 Å². The number of thioether (sulfide) groups is 1. The van der Waals surface area contributed by atoms with Crippen molar-refractivity contribution in [3.05, 3.63) is 52.2 Å². The summed E-state index contributed by atoms with van der Waals surface area (Å²) in [7, 11) is 1.61. The van der Waals surface area contributed by atoms with E-state index in [-0.39, 0.29) is 12.3 Å². The Balaban J connectivity index is 1.71. The van der Waals surface area contributed by atoms with Crippen LogP contribution in [0.1, 0.15) is 58.6 Å². The van der Waals surface area contributed by atoms with Crippen molar-refractivity contribution in [2.45, 2.75) is 58.6 Å². The minimum absolute atomic E-state index is 0.0288. The van der Waals surface area contributed by atoms with Gasteiger partial charge in [0, 0.05) is 17.8 Å². The molecule has 176 valence electrons. The molecular weight excluding hydrogens is 438 g/mol. The largest absolute Gasteiger partial charge is 0.496 e. The molecule has 33 heavy (non-hydrogen) atoms. The number of carbonyl (C=O) groups excluding carboxylic acids is 2. The van der Waals surface area contributed by atoms with Crippen molar-refractivity contribution in [3.8, 4) is 5.75 Å². The van der Waals surface area contributed by atoms with Crippen molar-refractivity contribution in [3.63, 3.8) is 0 Å². The van der Waals surface area contributed by atoms with Crippen LogP contribution in [-0.2, 0) is 14.3 Å². The number of para-hydroxylation sites is 1. The van der Waals surface area contributed by atoms with Crippen LogP contribution < -0.4 is 10.1 Å². The van der Waals surface area contributed by atoms with Crippen LogP contribution in [0.15, 0.2) is 51.6 Å². The Morgan fingerprint density at radius 2 is 1.97 bits per heavy atom. The zero-order valence-corrected chi connectivity index (χ0v) is 20.6. The third kappa shape index (κ3) is 5.27. The SMILES string of the molecule is COc1ccccc1C1C(C(=O)OC(C)(C)C)=C(C)N=C2SC=C(CC(=O)NCC3CC3)N21. The van der Waals surface area contributed by atoms with E-state index in [2.05, 4.69) is 5.32 Å². The highest BCUT2D eigenvalue weighted by Crippen LogP contribution is 2.47. The van der Waals surface area contributed by atoms with E-state index in [1.807, 2.05) is 62.3 Å². The van der Waals surface area contributed by atoms with Crippen LogP contribution >= 0.6 is 11.8 Å². The number of esters is 1. The number of amidine groups is 1. The van der Waals surface area contributed by atoms with Crippen LogP contribution in [0.3, 0.4) is 0 Å². The lowest BCUT2D eigenvalue weighted by Crippen LogP contribution is -2.39. The molecule has 1 unspecified atom stereocenters. The average Bonchev–Trinajstić information content (AvgIpc) is 3.50. The maximum Gasteiger partial charge on any atom is 0.338 e. The Hall–Kier alpha value is -2.74. The van der Waals surface area contributed by atoms with Gasteiger partial charge in [-0.1, -0.05) is 30.0 Å². The molecule has 0 bridgehead atoms. The van der Waals surface area contributed by atoms with Gasteiger partial charge in [-0.25, -0.2) is 9.79 Å². The molecule has 0 saturated heterocycles. The van der Waals surface area contributed by atoms with Gasteiger partial charge >= 0.3 is 5.97 Å². The first-order chi connectivity index (χ1) is 15.7. The van der Waals surface area contributed by atoms with E-state index < -0.39 is 17.6 Å². The van der Waals surface area contributed by atoms with Gasteiger partial charge in [0.05, 0.1) is 30.8 Å². The summed E-state index contributed by atoms with van der Waals surface area (Å²) in [6.45, 7) is 8.08. The van der Waals surface area contributed by atoms with E-state index in [4.69, 9.17) is 14.5 Å². The number of hydrogen-bond donors (Lipinski definition) is 1. The van der Waals surface area contributed by atoms with Crippen molar-refractivity contribution in [1.82, 2.24) is 10.2 Å². The molecule has 0 spiro atoms. The fourth-order valence-corrected chi connectivity index (χ4v) is 4.92. The number of amides is 1. The Morgan fingerprint density at radius 3 is 2.64 bits per heavy atom. The van der Waals surface area contributed by atoms with Gasteiger partial charge in [-0.2, -0.15) is 0 Å². The molecule has 1 saturated carbocycles. The topological polar surface area (TPSA) is 80.2 Å². The molecule has 1 aliphatic carbocycles. The molecule has 1 aromatic rings. The molecule has 8 heteroatoms. The molecule has 2 heterocycles. The van der Waals surface area contributed by atoms with Crippen LogP contribution in [0.2, 0.25) is 0 Å². The summed E-state index contributed by atoms with van der Waals surface area (Å²) in [6.07, 6.45) is 2.58. The third-order valence-corrected chi connectivity index (χ3v) is 6.57. The standard InChI is InChI=1S/C25H31N3O4S/c1-15-21(23(30)32-25(2,3)4)22(18-8-6-7-9-19(18)31-5)28-17(14-33-24(28)27-15)12-20(29)26-13-16-10-11-16/h6-9,14,16,22H,10-13H2,1-5H3,(H,26,29). The van der Waals surface area contributed by atoms with E-state index in [1.54, 1.807) is 7.11 Å². The van der Waals surface area contributed by atoms with Gasteiger partial charge in [0.25, 0.3) is 0 Å². The zero-order chi connectivity index (χ0) is 23.8. The monoisotopic (exact) mass is 469 g/mol. The second-order valence-corrected chi connectivity index (χ2v) is 10.4. The number of benzene rings is 1. The summed E-state index contributed by atoms with van der Waals surface area (Å²) in [5.74, 6) is 0.817. The fourth-order valence-electron chi connectivity index (χ4n) is 3.96. The Morgan fingerprint density at radius 1 is 1.24 bits per heavy atom. The zero-order valence-electron chi connectivity index (χ0n) is 19.8. The van der Waals surface area contributed by atoms with Gasteiger partial charge in [0.1, 0.15) is 11.4 Å². The summed E-state index contributed by atoms with van der Waals surface area (Å²) in [5.41, 5.74) is 2.02. The Labute approximate surface area is 199 Å². The molecule has 1 aromatic carbocycles. The Bertz CT molecular complexity index is 1050. The maximum atomic E-state index is 13.4. The number of carbonyl (C=O) groups is 2. The lowest BCUT2D eigenvalue weighted by Gasteiger charge is -2.37. The van der Waals surface area contributed by atoms with Crippen molar-refractivity contribution in [2.75, 3.05) is 13.7 Å². The van der Waals surface area contributed by atoms with Crippen molar-refractivity contribution in [1.29, 1.82) is 0 Å². The highest BCUT2D eigenvalue weighted by Gasteiger charge is 2.43. The number of rotatable bonds is 7. The second-order valence-electron chi connectivity index (χ2n) is 9.56. The number of nitrogens with zero attached hydrogens (tertiary/aromatic N) is 2. The van der Waals surface area contributed by atoms with Gasteiger partial charge < -0.3 is 19.7 Å². The summed E-state index contributed by atoms with van der Waals surface area (Å²) in [5, 5.41) is 5.72. The molecule has 1 atom stereocenters. The normalized spacial score (nSPS) is 20.2. The average molecular weight is 470 g/mol. The molecule has 1 N–H and O–H groups in total. The quantitative estimate of drug-likeness (QED) is 0.591. The molecule has 7 nitrogen and oxygen atoms in total. The first kappa shape index (κ1) is 23.4. The molecule has 1 fully saturated rings. The summed E-state index contributed by atoms with van der Waals surface area (Å²) < 4.78 is 11.4. The summed E-state index contributed by atoms with van der Waals surface area (Å²) >= 11 is 1.46. The van der Waals surface area contributed by atoms with E-state index in [0.717, 1.165) is 23.0 Å². The number of allylic oxidation sites excluding steroid dienone is 1. The Kier molecular flexibility index (Phi) is 6.56. The van der Waals surface area contributed by atoms with Crippen molar-refractivity contribution in [2.24, 2.45) is 10.9 Å². The van der Waals surface area contributed by atoms with Crippen LogP contribution in [-0.4, -0.2) is 41.2 Å². The van der Waals surface area contributed by atoms with Crippen LogP contribution in [0.4, 0.5) is 0 Å². The van der Waals surface area contributed by atoms with Crippen molar-refractivity contribution < 1.29 is 19.1 Å².